The number of para-hydroxylation sites is 1. The molecule has 0 radical (unpaired) electrons. The number of hydrogen-bond donors (Lipinski definition) is 0. The number of ketones is 1. The average molecular weight is 676 g/mol. The minimum Gasteiger partial charge on any atom is -0.493 e. The van der Waals surface area contributed by atoms with E-state index < -0.39 is 0 Å². The monoisotopic (exact) mass is 675 g/mol. The van der Waals surface area contributed by atoms with Gasteiger partial charge in [0, 0.05) is 55.2 Å². The lowest BCUT2D eigenvalue weighted by atomic mass is 9.94. The number of amides is 1. The largest absolute Gasteiger partial charge is 0.493 e. The minimum atomic E-state index is -0.326. The first-order valence-electron chi connectivity index (χ1n) is 17.2. The summed E-state index contributed by atoms with van der Waals surface area (Å²) in [6, 6.07) is 28.9. The predicted octanol–water partition coefficient (Wildman–Crippen LogP) is 7.05. The van der Waals surface area contributed by atoms with Crippen molar-refractivity contribution in [2.24, 2.45) is 15.9 Å². The molecule has 9 rings (SSSR count). The molecule has 0 aliphatic carbocycles. The highest BCUT2D eigenvalue weighted by atomic mass is 16.5. The number of pyridine rings is 1. The molecule has 0 bridgehead atoms. The maximum atomic E-state index is 13.8. The van der Waals surface area contributed by atoms with E-state index in [0.29, 0.717) is 46.4 Å². The fraction of sp³-hybridized carbons (Fsp3) is 0.214. The van der Waals surface area contributed by atoms with Gasteiger partial charge in [-0.2, -0.15) is 4.57 Å². The number of fused-ring (bicyclic) bond motifs is 8. The Morgan fingerprint density at radius 1 is 0.765 bits per heavy atom. The van der Waals surface area contributed by atoms with Crippen molar-refractivity contribution in [3.05, 3.63) is 136 Å². The van der Waals surface area contributed by atoms with Gasteiger partial charge in [-0.25, -0.2) is 0 Å². The quantitative estimate of drug-likeness (QED) is 0.173. The van der Waals surface area contributed by atoms with Crippen LogP contribution in [0.5, 0.6) is 17.2 Å². The molecule has 9 nitrogen and oxygen atoms in total. The van der Waals surface area contributed by atoms with Crippen LogP contribution in [0.1, 0.15) is 54.7 Å². The molecule has 9 heteroatoms. The van der Waals surface area contributed by atoms with Crippen molar-refractivity contribution in [3.63, 3.8) is 0 Å². The second-order valence-corrected chi connectivity index (χ2v) is 13.5. The summed E-state index contributed by atoms with van der Waals surface area (Å²) in [5, 5.41) is 0. The van der Waals surface area contributed by atoms with E-state index in [9.17, 15) is 9.59 Å². The van der Waals surface area contributed by atoms with E-state index in [1.54, 1.807) is 19.2 Å². The maximum Gasteiger partial charge on any atom is 0.261 e. The molecule has 1 unspecified atom stereocenters. The Hall–Kier alpha value is -6.09. The molecule has 4 aliphatic rings. The number of Topliss-reactive ketones (excluding diaryl/α,β-unsaturated/α-hetero) is 1. The molecule has 1 amide bonds. The Kier molecular flexibility index (Phi) is 7.49. The average Bonchev–Trinajstić information content (AvgIpc) is 3.65. The van der Waals surface area contributed by atoms with Crippen molar-refractivity contribution >= 4 is 41.2 Å². The SMILES string of the molecule is COc1cc2c(cc1OCc1cccc(COc3cc4c(cc3C)C(=O)N3c5ccccc5C[C@H]3C=N4)c1)N=C[C@@H]1Cc3cccc[n+]3C1C2=O. The second-order valence-electron chi connectivity index (χ2n) is 13.5. The molecular weight excluding hydrogens is 640 g/mol. The molecule has 51 heavy (non-hydrogen) atoms. The Bertz CT molecular complexity index is 2310. The van der Waals surface area contributed by atoms with Crippen molar-refractivity contribution in [2.75, 3.05) is 12.0 Å². The van der Waals surface area contributed by atoms with Crippen LogP contribution in [-0.2, 0) is 26.1 Å². The van der Waals surface area contributed by atoms with Crippen LogP contribution in [0.15, 0.2) is 107 Å². The van der Waals surface area contributed by atoms with Gasteiger partial charge >= 0.3 is 0 Å². The molecule has 252 valence electrons. The molecule has 0 saturated carbocycles. The maximum absolute atomic E-state index is 13.8. The molecule has 5 aromatic rings. The Morgan fingerprint density at radius 3 is 2.35 bits per heavy atom. The highest BCUT2D eigenvalue weighted by Gasteiger charge is 2.46. The van der Waals surface area contributed by atoms with Crippen molar-refractivity contribution in [1.82, 2.24) is 0 Å². The molecule has 0 fully saturated rings. The lowest BCUT2D eigenvalue weighted by Gasteiger charge is -2.22. The number of aryl methyl sites for hydroxylation is 1. The lowest BCUT2D eigenvalue weighted by Crippen LogP contribution is -2.44. The smallest absolute Gasteiger partial charge is 0.261 e. The van der Waals surface area contributed by atoms with Gasteiger partial charge in [0.25, 0.3) is 5.91 Å². The van der Waals surface area contributed by atoms with Crippen LogP contribution in [0.2, 0.25) is 0 Å². The number of carbonyl (C=O) groups is 2. The molecule has 3 atom stereocenters. The van der Waals surface area contributed by atoms with Crippen LogP contribution in [-0.4, -0.2) is 37.3 Å². The Balaban J connectivity index is 0.897. The number of rotatable bonds is 7. The number of anilines is 1. The molecule has 4 aromatic carbocycles. The Labute approximate surface area is 295 Å². The number of hydrogen-bond acceptors (Lipinski definition) is 7. The predicted molar refractivity (Wildman–Crippen MR) is 194 cm³/mol. The summed E-state index contributed by atoms with van der Waals surface area (Å²) in [4.78, 5) is 38.9. The van der Waals surface area contributed by atoms with Gasteiger partial charge in [0.15, 0.2) is 23.4 Å². The standard InChI is InChI=1S/C42H35N4O5/c1-25-14-33-35(44-22-31-16-28-10-3-4-12-36(28)46(31)42(33)48)19-37(25)50-23-26-8-7-9-27(15-26)24-51-39-20-34-32(18-38(39)49-2)41(47)40-29(21-43-34)17-30-11-5-6-13-45(30)40/h3-15,18-22,29,31,40H,16-17,23-24H2,1-2H3/q+1/t29-,31-,40?/m0/s1. The number of methoxy groups -OCH3 is 1. The van der Waals surface area contributed by atoms with Crippen LogP contribution < -0.4 is 23.7 Å². The summed E-state index contributed by atoms with van der Waals surface area (Å²) < 4.78 is 20.3. The van der Waals surface area contributed by atoms with E-state index in [2.05, 4.69) is 16.7 Å². The summed E-state index contributed by atoms with van der Waals surface area (Å²) in [6.45, 7) is 2.56. The number of aliphatic imine (C=N–C) groups is 2. The minimum absolute atomic E-state index is 0.00620. The fourth-order valence-corrected chi connectivity index (χ4v) is 7.74. The number of nitrogens with zero attached hydrogens (tertiary/aromatic N) is 4. The van der Waals surface area contributed by atoms with Crippen LogP contribution in [0.3, 0.4) is 0 Å². The zero-order chi connectivity index (χ0) is 34.6. The summed E-state index contributed by atoms with van der Waals surface area (Å²) in [7, 11) is 1.58. The van der Waals surface area contributed by atoms with Crippen LogP contribution in [0, 0.1) is 12.8 Å². The van der Waals surface area contributed by atoms with E-state index in [0.717, 1.165) is 46.5 Å². The lowest BCUT2D eigenvalue weighted by molar-refractivity contribution is -0.704. The van der Waals surface area contributed by atoms with E-state index >= 15 is 0 Å². The van der Waals surface area contributed by atoms with Crippen molar-refractivity contribution in [3.8, 4) is 17.2 Å². The van der Waals surface area contributed by atoms with E-state index in [1.807, 2.05) is 97.2 Å². The van der Waals surface area contributed by atoms with Crippen molar-refractivity contribution in [2.45, 2.75) is 45.1 Å². The third-order valence-electron chi connectivity index (χ3n) is 10.3. The summed E-state index contributed by atoms with van der Waals surface area (Å²) in [6.07, 6.45) is 7.27. The first-order valence-corrected chi connectivity index (χ1v) is 17.2. The van der Waals surface area contributed by atoms with Crippen molar-refractivity contribution in [1.29, 1.82) is 0 Å². The third kappa shape index (κ3) is 5.36. The highest BCUT2D eigenvalue weighted by Crippen LogP contribution is 2.41. The number of ether oxygens (including phenoxy) is 3. The van der Waals surface area contributed by atoms with Gasteiger partial charge < -0.3 is 14.2 Å². The summed E-state index contributed by atoms with van der Waals surface area (Å²) in [5.41, 5.74) is 8.31. The summed E-state index contributed by atoms with van der Waals surface area (Å²) in [5.74, 6) is 1.65. The zero-order valence-corrected chi connectivity index (χ0v) is 28.3. The van der Waals surface area contributed by atoms with E-state index in [-0.39, 0.29) is 36.3 Å². The molecule has 0 saturated heterocycles. The summed E-state index contributed by atoms with van der Waals surface area (Å²) >= 11 is 0. The van der Waals surface area contributed by atoms with Gasteiger partial charge in [0.1, 0.15) is 19.0 Å². The Morgan fingerprint density at radius 2 is 1.51 bits per heavy atom. The molecular formula is C42H35N4O5+. The van der Waals surface area contributed by atoms with E-state index in [1.165, 1.54) is 0 Å². The third-order valence-corrected chi connectivity index (χ3v) is 10.3. The molecule has 5 heterocycles. The van der Waals surface area contributed by atoms with Crippen LogP contribution in [0.4, 0.5) is 17.1 Å². The van der Waals surface area contributed by atoms with Crippen molar-refractivity contribution < 1.29 is 28.4 Å². The van der Waals surface area contributed by atoms with Crippen LogP contribution >= 0.6 is 0 Å². The van der Waals surface area contributed by atoms with E-state index in [4.69, 9.17) is 24.2 Å². The number of carbonyl (C=O) groups excluding carboxylic acids is 2. The fourth-order valence-electron chi connectivity index (χ4n) is 7.74. The highest BCUT2D eigenvalue weighted by molar-refractivity contribution is 6.14. The zero-order valence-electron chi connectivity index (χ0n) is 28.3. The first kappa shape index (κ1) is 30.9. The first-order chi connectivity index (χ1) is 24.9. The van der Waals surface area contributed by atoms with Gasteiger partial charge in [-0.15, -0.1) is 0 Å². The second kappa shape index (κ2) is 12.4. The van der Waals surface area contributed by atoms with Gasteiger partial charge in [-0.05, 0) is 53.4 Å². The van der Waals surface area contributed by atoms with Gasteiger partial charge in [-0.1, -0.05) is 42.5 Å². The molecule has 4 aliphatic heterocycles. The molecule has 1 aromatic heterocycles. The molecule has 0 spiro atoms. The van der Waals surface area contributed by atoms with Crippen LogP contribution in [0.25, 0.3) is 0 Å². The van der Waals surface area contributed by atoms with Gasteiger partial charge in [0.05, 0.1) is 41.6 Å². The topological polar surface area (TPSA) is 93.7 Å². The normalized spacial score (nSPS) is 19.3. The number of benzene rings is 4. The van der Waals surface area contributed by atoms with Gasteiger partial charge in [0.2, 0.25) is 11.8 Å². The molecule has 0 N–H and O–H groups in total. The number of aromatic nitrogens is 1. The van der Waals surface area contributed by atoms with Gasteiger partial charge in [-0.3, -0.25) is 24.5 Å².